The number of aromatic nitrogens is 4. The average molecular weight is 609 g/mol. The van der Waals surface area contributed by atoms with Crippen molar-refractivity contribution in [1.82, 2.24) is 24.4 Å². The van der Waals surface area contributed by atoms with Crippen LogP contribution in [0.15, 0.2) is 47.9 Å². The summed E-state index contributed by atoms with van der Waals surface area (Å²) in [5.74, 6) is -0.375. The van der Waals surface area contributed by atoms with Crippen LogP contribution in [0, 0.1) is 12.7 Å². The lowest BCUT2D eigenvalue weighted by Gasteiger charge is -2.40. The number of halogens is 3. The van der Waals surface area contributed by atoms with Gasteiger partial charge in [0.25, 0.3) is 0 Å². The summed E-state index contributed by atoms with van der Waals surface area (Å²) in [4.78, 5) is 44.1. The summed E-state index contributed by atoms with van der Waals surface area (Å²) in [6, 6.07) is 6.02. The highest BCUT2D eigenvalue weighted by Crippen LogP contribution is 2.46. The van der Waals surface area contributed by atoms with Crippen molar-refractivity contribution in [2.24, 2.45) is 0 Å². The van der Waals surface area contributed by atoms with E-state index in [1.54, 1.807) is 17.2 Å². The second-order valence-corrected chi connectivity index (χ2v) is 11.4. The number of piperazine rings is 1. The molecule has 0 unspecified atom stereocenters. The van der Waals surface area contributed by atoms with Crippen molar-refractivity contribution in [2.45, 2.75) is 32.7 Å². The molecule has 0 saturated carbocycles. The molecule has 6 rings (SSSR count). The van der Waals surface area contributed by atoms with Crippen molar-refractivity contribution in [1.29, 1.82) is 0 Å². The maximum Gasteiger partial charge on any atom is 0.355 e. The first-order valence-corrected chi connectivity index (χ1v) is 14.2. The standard InChI is InChI=1S/C30H27Cl2FN6O3/c1-5-20(40)37-11-12-38-17(13-37)14-42-27-21-28(38)36-30(41)39(26-16(4)9-10-34-24(26)15(2)3)29(21)35-25(22(27)32)18-7-6-8-19(31)23(18)33/h5-10,15,17H,1,11-14H2,2-4H3/t17-/m1/s1. The minimum atomic E-state index is -0.701. The van der Waals surface area contributed by atoms with E-state index < -0.39 is 11.5 Å². The zero-order valence-corrected chi connectivity index (χ0v) is 24.7. The van der Waals surface area contributed by atoms with Gasteiger partial charge in [-0.05, 0) is 42.7 Å². The van der Waals surface area contributed by atoms with Gasteiger partial charge in [-0.15, -0.1) is 0 Å². The Bertz CT molecular complexity index is 1840. The summed E-state index contributed by atoms with van der Waals surface area (Å²) in [5.41, 5.74) is 1.74. The van der Waals surface area contributed by atoms with Gasteiger partial charge in [-0.1, -0.05) is 49.7 Å². The molecule has 1 fully saturated rings. The Morgan fingerprint density at radius 3 is 2.74 bits per heavy atom. The number of nitrogens with zero attached hydrogens (tertiary/aromatic N) is 6. The summed E-state index contributed by atoms with van der Waals surface area (Å²) < 4.78 is 23.1. The number of anilines is 1. The molecule has 12 heteroatoms. The minimum Gasteiger partial charge on any atom is -0.489 e. The van der Waals surface area contributed by atoms with Crippen LogP contribution >= 0.6 is 23.2 Å². The van der Waals surface area contributed by atoms with Crippen LogP contribution in [0.25, 0.3) is 28.0 Å². The first-order valence-electron chi connectivity index (χ1n) is 13.5. The molecule has 9 nitrogen and oxygen atoms in total. The van der Waals surface area contributed by atoms with Crippen LogP contribution in [0.4, 0.5) is 10.2 Å². The number of hydrogen-bond donors (Lipinski definition) is 0. The quantitative estimate of drug-likeness (QED) is 0.290. The van der Waals surface area contributed by atoms with Crippen molar-refractivity contribution >= 4 is 46.0 Å². The second-order valence-electron chi connectivity index (χ2n) is 10.6. The highest BCUT2D eigenvalue weighted by molar-refractivity contribution is 6.36. The lowest BCUT2D eigenvalue weighted by Crippen LogP contribution is -2.56. The van der Waals surface area contributed by atoms with Crippen molar-refractivity contribution < 1.29 is 13.9 Å². The summed E-state index contributed by atoms with van der Waals surface area (Å²) in [7, 11) is 0. The smallest absolute Gasteiger partial charge is 0.355 e. The number of amides is 1. The summed E-state index contributed by atoms with van der Waals surface area (Å²) >= 11 is 13.1. The highest BCUT2D eigenvalue weighted by atomic mass is 35.5. The SMILES string of the molecule is C=CC(=O)N1CCN2c3nc(=O)n(-c4c(C)ccnc4C(C)C)c4nc(-c5cccc(Cl)c5F)c(Cl)c(c34)OC[C@H]2C1. The van der Waals surface area contributed by atoms with Crippen molar-refractivity contribution in [3.63, 3.8) is 0 Å². The molecule has 2 aliphatic heterocycles. The molecule has 0 radical (unpaired) electrons. The van der Waals surface area contributed by atoms with Gasteiger partial charge in [0.1, 0.15) is 22.8 Å². The lowest BCUT2D eigenvalue weighted by molar-refractivity contribution is -0.126. The molecule has 0 bridgehead atoms. The van der Waals surface area contributed by atoms with Crippen molar-refractivity contribution in [3.8, 4) is 22.7 Å². The van der Waals surface area contributed by atoms with E-state index in [2.05, 4.69) is 16.5 Å². The molecule has 42 heavy (non-hydrogen) atoms. The van der Waals surface area contributed by atoms with Crippen LogP contribution in [0.1, 0.15) is 31.0 Å². The predicted molar refractivity (Wildman–Crippen MR) is 161 cm³/mol. The third kappa shape index (κ3) is 4.40. The second kappa shape index (κ2) is 10.7. The summed E-state index contributed by atoms with van der Waals surface area (Å²) in [6.45, 7) is 10.7. The van der Waals surface area contributed by atoms with E-state index in [1.165, 1.54) is 22.8 Å². The Kier molecular flexibility index (Phi) is 7.14. The van der Waals surface area contributed by atoms with Gasteiger partial charge in [-0.25, -0.2) is 18.7 Å². The van der Waals surface area contributed by atoms with Crippen LogP contribution in [0.3, 0.4) is 0 Å². The van der Waals surface area contributed by atoms with E-state index in [4.69, 9.17) is 32.9 Å². The maximum absolute atomic E-state index is 15.4. The number of rotatable bonds is 4. The van der Waals surface area contributed by atoms with Gasteiger partial charge in [0.15, 0.2) is 17.2 Å². The Hall–Kier alpha value is -4.02. The summed E-state index contributed by atoms with van der Waals surface area (Å²) in [6.07, 6.45) is 2.96. The van der Waals surface area contributed by atoms with Crippen molar-refractivity contribution in [3.05, 3.63) is 80.7 Å². The molecule has 1 amide bonds. The predicted octanol–water partition coefficient (Wildman–Crippen LogP) is 5.32. The number of benzene rings is 1. The molecule has 1 aromatic carbocycles. The third-order valence-corrected chi connectivity index (χ3v) is 8.34. The minimum absolute atomic E-state index is 0.0371. The molecule has 1 saturated heterocycles. The number of fused-ring (bicyclic) bond motifs is 2. The largest absolute Gasteiger partial charge is 0.489 e. The number of hydrogen-bond acceptors (Lipinski definition) is 7. The average Bonchev–Trinajstić information content (AvgIpc) is 3.13. The lowest BCUT2D eigenvalue weighted by atomic mass is 10.0. The Morgan fingerprint density at radius 1 is 1.21 bits per heavy atom. The fourth-order valence-electron chi connectivity index (χ4n) is 5.66. The Morgan fingerprint density at radius 2 is 2.00 bits per heavy atom. The number of pyridine rings is 2. The molecule has 0 aliphatic carbocycles. The molecule has 216 valence electrons. The van der Waals surface area contributed by atoms with Gasteiger partial charge in [0, 0.05) is 31.4 Å². The van der Waals surface area contributed by atoms with Gasteiger partial charge >= 0.3 is 5.69 Å². The number of aryl methyl sites for hydroxylation is 1. The Balaban J connectivity index is 1.71. The van der Waals surface area contributed by atoms with Gasteiger partial charge in [0.2, 0.25) is 5.91 Å². The van der Waals surface area contributed by atoms with E-state index in [-0.39, 0.29) is 57.2 Å². The van der Waals surface area contributed by atoms with E-state index in [0.717, 1.165) is 5.56 Å². The topological polar surface area (TPSA) is 93.5 Å². The normalized spacial score (nSPS) is 16.3. The van der Waals surface area contributed by atoms with Crippen LogP contribution in [-0.4, -0.2) is 62.6 Å². The Labute approximate surface area is 251 Å². The van der Waals surface area contributed by atoms with Gasteiger partial charge < -0.3 is 14.5 Å². The maximum atomic E-state index is 15.4. The number of ether oxygens (including phenoxy) is 1. The first kappa shape index (κ1) is 28.1. The van der Waals surface area contributed by atoms with E-state index in [1.807, 2.05) is 31.7 Å². The number of carbonyl (C=O) groups excluding carboxylic acids is 1. The van der Waals surface area contributed by atoms with Crippen molar-refractivity contribution in [2.75, 3.05) is 31.1 Å². The van der Waals surface area contributed by atoms with Crippen LogP contribution in [-0.2, 0) is 4.79 Å². The molecule has 5 heterocycles. The molecule has 4 aromatic rings. The monoisotopic (exact) mass is 608 g/mol. The molecule has 2 aliphatic rings. The summed E-state index contributed by atoms with van der Waals surface area (Å²) in [5, 5.41) is 0.372. The molecule has 0 spiro atoms. The molecule has 0 N–H and O–H groups in total. The molecular weight excluding hydrogens is 582 g/mol. The molecule has 3 aromatic heterocycles. The van der Waals surface area contributed by atoms with E-state index in [0.29, 0.717) is 42.2 Å². The first-order chi connectivity index (χ1) is 20.1. The molecular formula is C30H27Cl2FN6O3. The van der Waals surface area contributed by atoms with Gasteiger partial charge in [-0.3, -0.25) is 9.78 Å². The van der Waals surface area contributed by atoms with Gasteiger partial charge in [0.05, 0.1) is 28.1 Å². The fraction of sp³-hybridized carbons (Fsp3) is 0.300. The zero-order chi connectivity index (χ0) is 29.9. The third-order valence-electron chi connectivity index (χ3n) is 7.70. The van der Waals surface area contributed by atoms with E-state index >= 15 is 4.39 Å². The molecule has 1 atom stereocenters. The van der Waals surface area contributed by atoms with Crippen LogP contribution in [0.2, 0.25) is 10.0 Å². The highest BCUT2D eigenvalue weighted by Gasteiger charge is 2.37. The van der Waals surface area contributed by atoms with Gasteiger partial charge in [-0.2, -0.15) is 4.98 Å². The number of carbonyl (C=O) groups is 1. The van der Waals surface area contributed by atoms with E-state index in [9.17, 15) is 9.59 Å². The van der Waals surface area contributed by atoms with Crippen LogP contribution in [0.5, 0.6) is 5.75 Å². The zero-order valence-electron chi connectivity index (χ0n) is 23.2. The fourth-order valence-corrected chi connectivity index (χ4v) is 6.13. The van der Waals surface area contributed by atoms with Crippen LogP contribution < -0.4 is 15.3 Å².